The second-order valence-electron chi connectivity index (χ2n) is 4.93. The summed E-state index contributed by atoms with van der Waals surface area (Å²) in [4.78, 5) is 18.2. The maximum absolute atomic E-state index is 12.3. The molecule has 0 aromatic carbocycles. The average Bonchev–Trinajstić information content (AvgIpc) is 3.28. The fourth-order valence-corrected chi connectivity index (χ4v) is 2.01. The predicted molar refractivity (Wildman–Crippen MR) is 74.4 cm³/mol. The zero-order valence-corrected chi connectivity index (χ0v) is 11.4. The van der Waals surface area contributed by atoms with Crippen LogP contribution in [0.3, 0.4) is 0 Å². The lowest BCUT2D eigenvalue weighted by molar-refractivity contribution is 0.0721. The van der Waals surface area contributed by atoms with Gasteiger partial charge >= 0.3 is 0 Å². The summed E-state index contributed by atoms with van der Waals surface area (Å²) in [5.74, 6) is 6.27. The fraction of sp³-hybridized carbons (Fsp3) is 0.467. The topological polar surface area (TPSA) is 59.2 Å². The first kappa shape index (κ1) is 13.6. The van der Waals surface area contributed by atoms with Crippen molar-refractivity contribution < 1.29 is 4.79 Å². The Morgan fingerprint density at radius 2 is 2.32 bits per heavy atom. The van der Waals surface area contributed by atoms with E-state index in [-0.39, 0.29) is 11.9 Å². The van der Waals surface area contributed by atoms with E-state index in [1.165, 1.54) is 12.8 Å². The van der Waals surface area contributed by atoms with E-state index < -0.39 is 0 Å². The molecular weight excluding hydrogens is 238 g/mol. The summed E-state index contributed by atoms with van der Waals surface area (Å²) in [7, 11) is 1.84. The van der Waals surface area contributed by atoms with Gasteiger partial charge in [0.1, 0.15) is 5.69 Å². The van der Waals surface area contributed by atoms with Gasteiger partial charge in [0.2, 0.25) is 0 Å². The van der Waals surface area contributed by atoms with E-state index in [9.17, 15) is 4.79 Å². The minimum absolute atomic E-state index is 0.0299. The summed E-state index contributed by atoms with van der Waals surface area (Å²) in [6.45, 7) is 2.42. The summed E-state index contributed by atoms with van der Waals surface area (Å²) in [5.41, 5.74) is 6.55. The molecule has 4 heteroatoms. The zero-order valence-electron chi connectivity index (χ0n) is 11.4. The van der Waals surface area contributed by atoms with Crippen LogP contribution in [0.1, 0.15) is 35.8 Å². The molecule has 1 atom stereocenters. The zero-order chi connectivity index (χ0) is 13.8. The smallest absolute Gasteiger partial charge is 0.272 e. The van der Waals surface area contributed by atoms with Gasteiger partial charge < -0.3 is 10.6 Å². The Morgan fingerprint density at radius 3 is 2.84 bits per heavy atom. The molecule has 0 spiro atoms. The molecule has 1 unspecified atom stereocenters. The molecule has 1 heterocycles. The van der Waals surface area contributed by atoms with Crippen LogP contribution in [0.15, 0.2) is 18.3 Å². The highest BCUT2D eigenvalue weighted by Gasteiger charge is 2.32. The van der Waals surface area contributed by atoms with E-state index in [2.05, 4.69) is 23.7 Å². The molecule has 0 aliphatic heterocycles. The molecule has 100 valence electrons. The lowest BCUT2D eigenvalue weighted by atomic mass is 10.1. The van der Waals surface area contributed by atoms with Crippen LogP contribution in [0.4, 0.5) is 0 Å². The van der Waals surface area contributed by atoms with Gasteiger partial charge in [0.25, 0.3) is 5.91 Å². The largest absolute Gasteiger partial charge is 0.337 e. The number of carbonyl (C=O) groups is 1. The quantitative estimate of drug-likeness (QED) is 0.829. The standard InChI is InChI=1S/C15H19N3O/c1-11(13-6-7-13)18(2)15(19)14-8-5-12(10-17-14)4-3-9-16/h5,8,10-11,13H,6-7,9,16H2,1-2H3. The highest BCUT2D eigenvalue weighted by molar-refractivity contribution is 5.92. The van der Waals surface area contributed by atoms with Crippen molar-refractivity contribution in [3.63, 3.8) is 0 Å². The van der Waals surface area contributed by atoms with Crippen molar-refractivity contribution in [2.75, 3.05) is 13.6 Å². The summed E-state index contributed by atoms with van der Waals surface area (Å²) in [6.07, 6.45) is 4.06. The molecule has 2 N–H and O–H groups in total. The summed E-state index contributed by atoms with van der Waals surface area (Å²) in [5, 5.41) is 0. The number of pyridine rings is 1. The van der Waals surface area contributed by atoms with Crippen LogP contribution in [0.2, 0.25) is 0 Å². The third-order valence-corrected chi connectivity index (χ3v) is 3.55. The molecule has 1 saturated carbocycles. The SMILES string of the molecule is CC(C1CC1)N(C)C(=O)c1ccc(C#CCN)cn1. The second-order valence-corrected chi connectivity index (χ2v) is 4.93. The summed E-state index contributed by atoms with van der Waals surface area (Å²) in [6, 6.07) is 3.81. The molecule has 1 aliphatic rings. The molecule has 1 aromatic heterocycles. The van der Waals surface area contributed by atoms with Gasteiger partial charge in [-0.25, -0.2) is 4.98 Å². The first-order valence-corrected chi connectivity index (χ1v) is 6.55. The van der Waals surface area contributed by atoms with E-state index in [0.29, 0.717) is 18.2 Å². The van der Waals surface area contributed by atoms with Gasteiger partial charge in [-0.15, -0.1) is 0 Å². The molecular formula is C15H19N3O. The summed E-state index contributed by atoms with van der Waals surface area (Å²) < 4.78 is 0. The van der Waals surface area contributed by atoms with Crippen molar-refractivity contribution >= 4 is 5.91 Å². The lowest BCUT2D eigenvalue weighted by Crippen LogP contribution is -2.36. The third-order valence-electron chi connectivity index (χ3n) is 3.55. The van der Waals surface area contributed by atoms with Crippen molar-refractivity contribution in [1.29, 1.82) is 0 Å². The van der Waals surface area contributed by atoms with Crippen molar-refractivity contribution in [3.8, 4) is 11.8 Å². The Morgan fingerprint density at radius 1 is 1.58 bits per heavy atom. The van der Waals surface area contributed by atoms with Crippen molar-refractivity contribution in [2.45, 2.75) is 25.8 Å². The van der Waals surface area contributed by atoms with Gasteiger partial charge in [0, 0.05) is 24.8 Å². The van der Waals surface area contributed by atoms with E-state index in [1.807, 2.05) is 7.05 Å². The molecule has 19 heavy (non-hydrogen) atoms. The molecule has 4 nitrogen and oxygen atoms in total. The fourth-order valence-electron chi connectivity index (χ4n) is 2.01. The van der Waals surface area contributed by atoms with Gasteiger partial charge in [-0.3, -0.25) is 4.79 Å². The Hall–Kier alpha value is -1.86. The van der Waals surface area contributed by atoms with Crippen LogP contribution in [0, 0.1) is 17.8 Å². The van der Waals surface area contributed by atoms with Crippen LogP contribution in [-0.4, -0.2) is 35.4 Å². The Labute approximate surface area is 114 Å². The number of amides is 1. The average molecular weight is 257 g/mol. The maximum atomic E-state index is 12.3. The number of hydrogen-bond acceptors (Lipinski definition) is 3. The van der Waals surface area contributed by atoms with E-state index >= 15 is 0 Å². The van der Waals surface area contributed by atoms with Gasteiger partial charge in [-0.2, -0.15) is 0 Å². The molecule has 1 aromatic rings. The predicted octanol–water partition coefficient (Wildman–Crippen LogP) is 1.26. The number of aromatic nitrogens is 1. The Balaban J connectivity index is 2.06. The highest BCUT2D eigenvalue weighted by Crippen LogP contribution is 2.34. The van der Waals surface area contributed by atoms with E-state index in [0.717, 1.165) is 5.56 Å². The van der Waals surface area contributed by atoms with Crippen molar-refractivity contribution in [1.82, 2.24) is 9.88 Å². The molecule has 2 rings (SSSR count). The molecule has 0 saturated heterocycles. The number of hydrogen-bond donors (Lipinski definition) is 1. The molecule has 1 amide bonds. The molecule has 1 aliphatic carbocycles. The maximum Gasteiger partial charge on any atom is 0.272 e. The van der Waals surface area contributed by atoms with Gasteiger partial charge in [0.15, 0.2) is 0 Å². The molecule has 1 fully saturated rings. The monoisotopic (exact) mass is 257 g/mol. The van der Waals surface area contributed by atoms with Gasteiger partial charge in [-0.1, -0.05) is 11.8 Å². The Kier molecular flexibility index (Phi) is 4.18. The number of nitrogens with zero attached hydrogens (tertiary/aromatic N) is 2. The Bertz CT molecular complexity index is 508. The van der Waals surface area contributed by atoms with Gasteiger partial charge in [0.05, 0.1) is 6.54 Å². The third kappa shape index (κ3) is 3.33. The molecule has 0 bridgehead atoms. The number of carbonyl (C=O) groups excluding carboxylic acids is 1. The first-order valence-electron chi connectivity index (χ1n) is 6.55. The summed E-state index contributed by atoms with van der Waals surface area (Å²) >= 11 is 0. The first-order chi connectivity index (χ1) is 9.13. The van der Waals surface area contributed by atoms with E-state index in [1.54, 1.807) is 23.2 Å². The van der Waals surface area contributed by atoms with Gasteiger partial charge in [-0.05, 0) is 37.8 Å². The second kappa shape index (κ2) is 5.85. The number of nitrogens with two attached hydrogens (primary N) is 1. The van der Waals surface area contributed by atoms with Crippen LogP contribution in [-0.2, 0) is 0 Å². The van der Waals surface area contributed by atoms with Crippen LogP contribution in [0.25, 0.3) is 0 Å². The van der Waals surface area contributed by atoms with Crippen molar-refractivity contribution in [3.05, 3.63) is 29.6 Å². The van der Waals surface area contributed by atoms with Crippen LogP contribution in [0.5, 0.6) is 0 Å². The lowest BCUT2D eigenvalue weighted by Gasteiger charge is -2.24. The minimum atomic E-state index is -0.0299. The van der Waals surface area contributed by atoms with Crippen LogP contribution < -0.4 is 5.73 Å². The normalized spacial score (nSPS) is 15.3. The van der Waals surface area contributed by atoms with Crippen molar-refractivity contribution in [2.24, 2.45) is 11.7 Å². The highest BCUT2D eigenvalue weighted by atomic mass is 16.2. The van der Waals surface area contributed by atoms with E-state index in [4.69, 9.17) is 5.73 Å². The van der Waals surface area contributed by atoms with Crippen LogP contribution >= 0.6 is 0 Å². The number of rotatable bonds is 3. The minimum Gasteiger partial charge on any atom is -0.337 e. The molecule has 0 radical (unpaired) electrons.